The summed E-state index contributed by atoms with van der Waals surface area (Å²) >= 11 is 0. The number of phenolic OH excluding ortho intramolecular Hbond substituents is 1. The minimum Gasteiger partial charge on any atom is -0.507 e. The van der Waals surface area contributed by atoms with Crippen LogP contribution in [-0.4, -0.2) is 42.2 Å². The Kier molecular flexibility index (Phi) is 4.49. The van der Waals surface area contributed by atoms with Gasteiger partial charge < -0.3 is 20.5 Å². The lowest BCUT2D eigenvalue weighted by atomic mass is 9.92. The van der Waals surface area contributed by atoms with E-state index in [4.69, 9.17) is 10.5 Å². The number of carbonyl (C=O) groups is 1. The van der Waals surface area contributed by atoms with Crippen molar-refractivity contribution in [3.63, 3.8) is 0 Å². The molecular weight excluding hydrogens is 256 g/mol. The third kappa shape index (κ3) is 2.88. The van der Waals surface area contributed by atoms with Gasteiger partial charge in [0.15, 0.2) is 0 Å². The lowest BCUT2D eigenvalue weighted by molar-refractivity contribution is 0.0570. The molecule has 1 aliphatic rings. The fourth-order valence-electron chi connectivity index (χ4n) is 2.71. The monoisotopic (exact) mass is 278 g/mol. The Balaban J connectivity index is 2.26. The number of amides is 1. The van der Waals surface area contributed by atoms with Crippen LogP contribution >= 0.6 is 0 Å². The van der Waals surface area contributed by atoms with Crippen LogP contribution in [0, 0.1) is 5.92 Å². The van der Waals surface area contributed by atoms with E-state index >= 15 is 0 Å². The van der Waals surface area contributed by atoms with E-state index in [1.54, 1.807) is 17.0 Å². The highest BCUT2D eigenvalue weighted by Crippen LogP contribution is 2.28. The first-order chi connectivity index (χ1) is 9.56. The van der Waals surface area contributed by atoms with Crippen LogP contribution in [0.15, 0.2) is 18.2 Å². The van der Waals surface area contributed by atoms with Crippen molar-refractivity contribution in [2.75, 3.05) is 20.2 Å². The first-order valence-corrected chi connectivity index (χ1v) is 6.94. The third-order valence-electron chi connectivity index (χ3n) is 3.95. The predicted octanol–water partition coefficient (Wildman–Crippen LogP) is 1.60. The maximum absolute atomic E-state index is 12.6. The number of nitrogens with two attached hydrogens (primary N) is 1. The summed E-state index contributed by atoms with van der Waals surface area (Å²) in [5.41, 5.74) is 6.06. The fourth-order valence-corrected chi connectivity index (χ4v) is 2.71. The summed E-state index contributed by atoms with van der Waals surface area (Å²) in [5.74, 6) is 0.932. The molecule has 0 radical (unpaired) electrons. The van der Waals surface area contributed by atoms with Crippen LogP contribution < -0.4 is 10.5 Å². The second-order valence-electron chi connectivity index (χ2n) is 5.40. The van der Waals surface area contributed by atoms with Crippen LogP contribution in [0.5, 0.6) is 11.5 Å². The van der Waals surface area contributed by atoms with Crippen molar-refractivity contribution in [1.82, 2.24) is 4.90 Å². The summed E-state index contributed by atoms with van der Waals surface area (Å²) in [6, 6.07) is 4.72. The van der Waals surface area contributed by atoms with Gasteiger partial charge in [-0.3, -0.25) is 4.79 Å². The van der Waals surface area contributed by atoms with Crippen molar-refractivity contribution in [2.45, 2.75) is 25.8 Å². The molecule has 1 saturated heterocycles. The molecule has 110 valence electrons. The number of ether oxygens (including phenoxy) is 1. The highest BCUT2D eigenvalue weighted by atomic mass is 16.5. The molecule has 2 atom stereocenters. The smallest absolute Gasteiger partial charge is 0.258 e. The van der Waals surface area contributed by atoms with Crippen molar-refractivity contribution in [1.29, 1.82) is 0 Å². The van der Waals surface area contributed by atoms with E-state index in [1.165, 1.54) is 13.2 Å². The minimum atomic E-state index is -0.177. The van der Waals surface area contributed by atoms with Crippen LogP contribution in [0.4, 0.5) is 0 Å². The summed E-state index contributed by atoms with van der Waals surface area (Å²) in [6.07, 6.45) is 1.87. The van der Waals surface area contributed by atoms with Crippen LogP contribution in [0.25, 0.3) is 0 Å². The maximum Gasteiger partial charge on any atom is 0.258 e. The first-order valence-electron chi connectivity index (χ1n) is 6.94. The Morgan fingerprint density at radius 3 is 2.95 bits per heavy atom. The second kappa shape index (κ2) is 6.13. The van der Waals surface area contributed by atoms with E-state index in [1.807, 2.05) is 0 Å². The van der Waals surface area contributed by atoms with Gasteiger partial charge >= 0.3 is 0 Å². The number of likely N-dealkylation sites (tertiary alicyclic amines) is 1. The zero-order valence-corrected chi connectivity index (χ0v) is 12.0. The topological polar surface area (TPSA) is 75.8 Å². The second-order valence-corrected chi connectivity index (χ2v) is 5.40. The molecule has 0 saturated carbocycles. The Morgan fingerprint density at radius 1 is 1.55 bits per heavy atom. The minimum absolute atomic E-state index is 0.0230. The van der Waals surface area contributed by atoms with E-state index in [0.717, 1.165) is 12.8 Å². The van der Waals surface area contributed by atoms with E-state index in [2.05, 4.69) is 6.92 Å². The predicted molar refractivity (Wildman–Crippen MR) is 76.9 cm³/mol. The number of aromatic hydroxyl groups is 1. The molecule has 5 heteroatoms. The number of rotatable bonds is 3. The van der Waals surface area contributed by atoms with E-state index in [0.29, 0.717) is 24.8 Å². The van der Waals surface area contributed by atoms with Gasteiger partial charge in [0.2, 0.25) is 0 Å². The van der Waals surface area contributed by atoms with Crippen molar-refractivity contribution < 1.29 is 14.6 Å². The number of benzene rings is 1. The summed E-state index contributed by atoms with van der Waals surface area (Å²) in [5, 5.41) is 9.91. The van der Waals surface area contributed by atoms with Gasteiger partial charge in [0, 0.05) is 19.1 Å². The average Bonchev–Trinajstić information content (AvgIpc) is 2.47. The molecule has 1 aromatic rings. The lowest BCUT2D eigenvalue weighted by Crippen LogP contribution is -2.49. The van der Waals surface area contributed by atoms with Crippen LogP contribution in [0.2, 0.25) is 0 Å². The quantitative estimate of drug-likeness (QED) is 0.880. The van der Waals surface area contributed by atoms with E-state index in [-0.39, 0.29) is 23.3 Å². The zero-order valence-electron chi connectivity index (χ0n) is 12.0. The molecule has 5 nitrogen and oxygen atoms in total. The first kappa shape index (κ1) is 14.7. The Bertz CT molecular complexity index is 490. The average molecular weight is 278 g/mol. The summed E-state index contributed by atoms with van der Waals surface area (Å²) in [4.78, 5) is 14.4. The third-order valence-corrected chi connectivity index (χ3v) is 3.95. The van der Waals surface area contributed by atoms with Crippen molar-refractivity contribution in [3.05, 3.63) is 23.8 Å². The zero-order chi connectivity index (χ0) is 14.7. The molecule has 1 aliphatic heterocycles. The highest BCUT2D eigenvalue weighted by Gasteiger charge is 2.30. The molecule has 1 heterocycles. The van der Waals surface area contributed by atoms with Crippen LogP contribution in [-0.2, 0) is 0 Å². The van der Waals surface area contributed by atoms with Gasteiger partial charge in [-0.25, -0.2) is 0 Å². The van der Waals surface area contributed by atoms with E-state index < -0.39 is 0 Å². The molecule has 3 N–H and O–H groups in total. The van der Waals surface area contributed by atoms with Crippen LogP contribution in [0.1, 0.15) is 30.1 Å². The molecule has 0 aliphatic carbocycles. The molecule has 0 aromatic heterocycles. The Hall–Kier alpha value is -1.75. The van der Waals surface area contributed by atoms with Gasteiger partial charge in [-0.05, 0) is 37.0 Å². The molecular formula is C15H22N2O3. The number of nitrogens with zero attached hydrogens (tertiary/aromatic N) is 1. The maximum atomic E-state index is 12.6. The number of hydrogen-bond donors (Lipinski definition) is 2. The molecule has 1 aromatic carbocycles. The van der Waals surface area contributed by atoms with E-state index in [9.17, 15) is 9.90 Å². The van der Waals surface area contributed by atoms with Crippen molar-refractivity contribution >= 4 is 5.91 Å². The molecule has 0 bridgehead atoms. The normalized spacial score (nSPS) is 22.6. The van der Waals surface area contributed by atoms with Gasteiger partial charge in [0.25, 0.3) is 5.91 Å². The van der Waals surface area contributed by atoms with Gasteiger partial charge in [0.1, 0.15) is 11.5 Å². The highest BCUT2D eigenvalue weighted by molar-refractivity contribution is 5.97. The van der Waals surface area contributed by atoms with Gasteiger partial charge in [-0.2, -0.15) is 0 Å². The number of methoxy groups -OCH3 is 1. The molecule has 1 fully saturated rings. The fraction of sp³-hybridized carbons (Fsp3) is 0.533. The molecule has 2 rings (SSSR count). The summed E-state index contributed by atoms with van der Waals surface area (Å²) < 4.78 is 5.11. The lowest BCUT2D eigenvalue weighted by Gasteiger charge is -2.38. The summed E-state index contributed by atoms with van der Waals surface area (Å²) in [7, 11) is 1.53. The van der Waals surface area contributed by atoms with Gasteiger partial charge in [-0.15, -0.1) is 0 Å². The van der Waals surface area contributed by atoms with Crippen molar-refractivity contribution in [3.8, 4) is 11.5 Å². The largest absolute Gasteiger partial charge is 0.507 e. The van der Waals surface area contributed by atoms with Crippen molar-refractivity contribution in [2.24, 2.45) is 11.7 Å². The summed E-state index contributed by atoms with van der Waals surface area (Å²) in [6.45, 7) is 3.30. The number of hydrogen-bond acceptors (Lipinski definition) is 4. The standard InChI is InChI=1S/C15H22N2O3/c1-10-5-6-17(11(7-10)9-16)15(19)13-8-12(20-2)3-4-14(13)18/h3-4,8,10-11,18H,5-7,9,16H2,1-2H3. The van der Waals surface area contributed by atoms with Gasteiger partial charge in [0.05, 0.1) is 12.7 Å². The molecule has 20 heavy (non-hydrogen) atoms. The number of piperidine rings is 1. The molecule has 2 unspecified atom stereocenters. The SMILES string of the molecule is COc1ccc(O)c(C(=O)N2CCC(C)CC2CN)c1. The Morgan fingerprint density at radius 2 is 2.30 bits per heavy atom. The molecule has 0 spiro atoms. The molecule has 1 amide bonds. The van der Waals surface area contributed by atoms with Gasteiger partial charge in [-0.1, -0.05) is 6.92 Å². The number of carbonyl (C=O) groups excluding carboxylic acids is 1. The Labute approximate surface area is 119 Å². The number of phenols is 1. The van der Waals surface area contributed by atoms with Crippen LogP contribution in [0.3, 0.4) is 0 Å².